The van der Waals surface area contributed by atoms with Crippen molar-refractivity contribution >= 4 is 23.2 Å². The quantitative estimate of drug-likeness (QED) is 0.831. The lowest BCUT2D eigenvalue weighted by atomic mass is 9.86. The number of amides is 2. The highest BCUT2D eigenvalue weighted by atomic mass is 32.1. The number of benzene rings is 1. The van der Waals surface area contributed by atoms with Gasteiger partial charge in [-0.15, -0.1) is 11.3 Å². The Morgan fingerprint density at radius 1 is 1.07 bits per heavy atom. The lowest BCUT2D eigenvalue weighted by Gasteiger charge is -2.36. The molecule has 28 heavy (non-hydrogen) atoms. The van der Waals surface area contributed by atoms with Crippen molar-refractivity contribution in [2.75, 3.05) is 13.1 Å². The van der Waals surface area contributed by atoms with Crippen LogP contribution >= 0.6 is 11.3 Å². The number of hydrogen-bond acceptors (Lipinski definition) is 3. The zero-order chi connectivity index (χ0) is 19.6. The van der Waals surface area contributed by atoms with Gasteiger partial charge < -0.3 is 10.2 Å². The maximum Gasteiger partial charge on any atom is 0.263 e. The molecule has 1 saturated carbocycles. The monoisotopic (exact) mass is 400 g/mol. The van der Waals surface area contributed by atoms with Gasteiger partial charge in [-0.2, -0.15) is 0 Å². The lowest BCUT2D eigenvalue weighted by Crippen LogP contribution is -2.49. The zero-order valence-corrected chi connectivity index (χ0v) is 16.6. The summed E-state index contributed by atoms with van der Waals surface area (Å²) in [6, 6.07) is 10.3. The van der Waals surface area contributed by atoms with Gasteiger partial charge in [0.1, 0.15) is 5.82 Å². The Balaban J connectivity index is 1.39. The minimum atomic E-state index is -0.380. The Bertz CT molecular complexity index is 821. The number of thiophene rings is 1. The highest BCUT2D eigenvalue weighted by Gasteiger charge is 2.39. The first-order valence-electron chi connectivity index (χ1n) is 9.98. The van der Waals surface area contributed by atoms with Crippen LogP contribution in [-0.2, 0) is 10.3 Å². The smallest absolute Gasteiger partial charge is 0.263 e. The largest absolute Gasteiger partial charge is 0.346 e. The predicted molar refractivity (Wildman–Crippen MR) is 108 cm³/mol. The average Bonchev–Trinajstić information content (AvgIpc) is 3.41. The first-order chi connectivity index (χ1) is 13.6. The number of nitrogens with one attached hydrogen (secondary N) is 1. The maximum atomic E-state index is 13.3. The van der Waals surface area contributed by atoms with Crippen LogP contribution in [0.4, 0.5) is 4.39 Å². The van der Waals surface area contributed by atoms with E-state index in [-0.39, 0.29) is 29.1 Å². The van der Waals surface area contributed by atoms with Gasteiger partial charge in [0.25, 0.3) is 5.91 Å². The molecule has 0 spiro atoms. The molecule has 1 aliphatic heterocycles. The SMILES string of the molecule is O=C(NC1(c2ccc(F)cc2)CCCC1)C1CCN(C(=O)c2cccs2)CC1. The van der Waals surface area contributed by atoms with E-state index in [1.54, 1.807) is 12.1 Å². The van der Waals surface area contributed by atoms with Crippen LogP contribution in [-0.4, -0.2) is 29.8 Å². The highest BCUT2D eigenvalue weighted by molar-refractivity contribution is 7.12. The van der Waals surface area contributed by atoms with Gasteiger partial charge in [0.2, 0.25) is 5.91 Å². The topological polar surface area (TPSA) is 49.4 Å². The maximum absolute atomic E-state index is 13.3. The zero-order valence-electron chi connectivity index (χ0n) is 15.8. The first kappa shape index (κ1) is 19.1. The van der Waals surface area contributed by atoms with Crippen LogP contribution in [0.15, 0.2) is 41.8 Å². The minimum absolute atomic E-state index is 0.0624. The summed E-state index contributed by atoms with van der Waals surface area (Å²) < 4.78 is 13.3. The Labute approximate surface area is 168 Å². The van der Waals surface area contributed by atoms with Crippen LogP contribution in [0.5, 0.6) is 0 Å². The molecule has 0 atom stereocenters. The van der Waals surface area contributed by atoms with E-state index in [1.807, 2.05) is 22.4 Å². The number of halogens is 1. The van der Waals surface area contributed by atoms with Gasteiger partial charge >= 0.3 is 0 Å². The molecule has 2 aromatic rings. The summed E-state index contributed by atoms with van der Waals surface area (Å²) in [6.07, 6.45) is 5.27. The summed E-state index contributed by atoms with van der Waals surface area (Å²) in [4.78, 5) is 28.1. The summed E-state index contributed by atoms with van der Waals surface area (Å²) in [5.41, 5.74) is 0.611. The fourth-order valence-electron chi connectivity index (χ4n) is 4.47. The van der Waals surface area contributed by atoms with E-state index in [1.165, 1.54) is 23.5 Å². The van der Waals surface area contributed by atoms with Crippen molar-refractivity contribution in [3.63, 3.8) is 0 Å². The van der Waals surface area contributed by atoms with Crippen LogP contribution in [0.2, 0.25) is 0 Å². The standard InChI is InChI=1S/C22H25FN2O2S/c23-18-7-5-17(6-8-18)22(11-1-2-12-22)24-20(26)16-9-13-25(14-10-16)21(27)19-4-3-15-28-19/h3-8,15-16H,1-2,9-14H2,(H,24,26). The Kier molecular flexibility index (Phi) is 5.49. The summed E-state index contributed by atoms with van der Waals surface area (Å²) in [5, 5.41) is 5.21. The van der Waals surface area contributed by atoms with Crippen molar-refractivity contribution in [1.29, 1.82) is 0 Å². The van der Waals surface area contributed by atoms with Crippen LogP contribution in [0, 0.1) is 11.7 Å². The van der Waals surface area contributed by atoms with Gasteiger partial charge in [-0.3, -0.25) is 9.59 Å². The van der Waals surface area contributed by atoms with E-state index in [9.17, 15) is 14.0 Å². The van der Waals surface area contributed by atoms with Gasteiger partial charge in [-0.1, -0.05) is 31.0 Å². The second-order valence-corrected chi connectivity index (χ2v) is 8.78. The molecule has 2 amide bonds. The van der Waals surface area contributed by atoms with E-state index in [4.69, 9.17) is 0 Å². The number of rotatable bonds is 4. The molecule has 1 N–H and O–H groups in total. The first-order valence-corrected chi connectivity index (χ1v) is 10.9. The third-order valence-corrected chi connectivity index (χ3v) is 6.96. The normalized spacial score (nSPS) is 19.5. The molecular formula is C22H25FN2O2S. The molecule has 1 aromatic carbocycles. The van der Waals surface area contributed by atoms with Crippen molar-refractivity contribution in [1.82, 2.24) is 10.2 Å². The molecule has 2 aliphatic rings. The number of nitrogens with zero attached hydrogens (tertiary/aromatic N) is 1. The molecule has 148 valence electrons. The molecule has 4 rings (SSSR count). The van der Waals surface area contributed by atoms with Crippen molar-refractivity contribution < 1.29 is 14.0 Å². The van der Waals surface area contributed by atoms with Crippen molar-refractivity contribution in [2.24, 2.45) is 5.92 Å². The Hall–Kier alpha value is -2.21. The Morgan fingerprint density at radius 2 is 1.75 bits per heavy atom. The van der Waals surface area contributed by atoms with Gasteiger partial charge in [0, 0.05) is 19.0 Å². The third kappa shape index (κ3) is 3.83. The number of carbonyl (C=O) groups is 2. The summed E-state index contributed by atoms with van der Waals surface area (Å²) in [5.74, 6) is -0.210. The van der Waals surface area contributed by atoms with E-state index in [0.717, 1.165) is 36.1 Å². The molecule has 4 nitrogen and oxygen atoms in total. The van der Waals surface area contributed by atoms with Crippen molar-refractivity contribution in [2.45, 2.75) is 44.1 Å². The van der Waals surface area contributed by atoms with Crippen molar-refractivity contribution in [3.05, 3.63) is 58.0 Å². The van der Waals surface area contributed by atoms with Crippen molar-refractivity contribution in [3.8, 4) is 0 Å². The molecule has 1 aromatic heterocycles. The van der Waals surface area contributed by atoms with E-state index < -0.39 is 0 Å². The minimum Gasteiger partial charge on any atom is -0.346 e. The fourth-order valence-corrected chi connectivity index (χ4v) is 5.16. The highest BCUT2D eigenvalue weighted by Crippen LogP contribution is 2.39. The van der Waals surface area contributed by atoms with E-state index in [2.05, 4.69) is 5.32 Å². The van der Waals surface area contributed by atoms with Crippen LogP contribution in [0.25, 0.3) is 0 Å². The predicted octanol–water partition coefficient (Wildman–Crippen LogP) is 4.33. The molecule has 2 fully saturated rings. The number of hydrogen-bond donors (Lipinski definition) is 1. The lowest BCUT2D eigenvalue weighted by molar-refractivity contribution is -0.128. The summed E-state index contributed by atoms with van der Waals surface area (Å²) in [7, 11) is 0. The van der Waals surface area contributed by atoms with Crippen LogP contribution < -0.4 is 5.32 Å². The van der Waals surface area contributed by atoms with Crippen LogP contribution in [0.3, 0.4) is 0 Å². The summed E-state index contributed by atoms with van der Waals surface area (Å²) >= 11 is 1.45. The number of piperidine rings is 1. The molecule has 0 radical (unpaired) electrons. The second kappa shape index (κ2) is 8.03. The number of carbonyl (C=O) groups excluding carboxylic acids is 2. The Morgan fingerprint density at radius 3 is 2.36 bits per heavy atom. The second-order valence-electron chi connectivity index (χ2n) is 7.83. The molecule has 0 unspecified atom stereocenters. The molecule has 0 bridgehead atoms. The number of likely N-dealkylation sites (tertiary alicyclic amines) is 1. The van der Waals surface area contributed by atoms with E-state index >= 15 is 0 Å². The molecular weight excluding hydrogens is 375 g/mol. The third-order valence-electron chi connectivity index (χ3n) is 6.10. The molecule has 6 heteroatoms. The fraction of sp³-hybridized carbons (Fsp3) is 0.455. The van der Waals surface area contributed by atoms with Gasteiger partial charge in [0.05, 0.1) is 10.4 Å². The van der Waals surface area contributed by atoms with Crippen LogP contribution in [0.1, 0.15) is 53.8 Å². The van der Waals surface area contributed by atoms with E-state index in [0.29, 0.717) is 25.9 Å². The van der Waals surface area contributed by atoms with Gasteiger partial charge in [-0.05, 0) is 54.8 Å². The molecule has 2 heterocycles. The average molecular weight is 401 g/mol. The molecule has 1 saturated heterocycles. The van der Waals surface area contributed by atoms with Gasteiger partial charge in [-0.25, -0.2) is 4.39 Å². The molecule has 1 aliphatic carbocycles. The summed E-state index contributed by atoms with van der Waals surface area (Å²) in [6.45, 7) is 1.22. The van der Waals surface area contributed by atoms with Gasteiger partial charge in [0.15, 0.2) is 0 Å².